The fourth-order valence-corrected chi connectivity index (χ4v) is 3.14. The first kappa shape index (κ1) is 17.4. The van der Waals surface area contributed by atoms with Crippen molar-refractivity contribution in [2.45, 2.75) is 17.7 Å². The van der Waals surface area contributed by atoms with Crippen LogP contribution in [0.25, 0.3) is 0 Å². The van der Waals surface area contributed by atoms with Crippen LogP contribution < -0.4 is 10.1 Å². The van der Waals surface area contributed by atoms with Gasteiger partial charge in [-0.05, 0) is 12.5 Å². The van der Waals surface area contributed by atoms with Crippen LogP contribution in [0, 0.1) is 0 Å². The Morgan fingerprint density at radius 3 is 2.50 bits per heavy atom. The predicted molar refractivity (Wildman–Crippen MR) is 78.3 cm³/mol. The molecule has 9 heteroatoms. The Balaban J connectivity index is 2.74. The highest BCUT2D eigenvalue weighted by Gasteiger charge is 2.18. The van der Waals surface area contributed by atoms with Crippen molar-refractivity contribution in [1.82, 2.24) is 5.32 Å². The SMILES string of the molecule is CNC(=O)CCCOc1cc(Cl)c(S(=O)(=O)Cl)cc1Cl. The van der Waals surface area contributed by atoms with Crippen molar-refractivity contribution in [2.24, 2.45) is 0 Å². The summed E-state index contributed by atoms with van der Waals surface area (Å²) in [5, 5.41) is 2.48. The minimum Gasteiger partial charge on any atom is -0.492 e. The summed E-state index contributed by atoms with van der Waals surface area (Å²) in [4.78, 5) is 10.7. The molecule has 0 aromatic heterocycles. The van der Waals surface area contributed by atoms with E-state index in [1.165, 1.54) is 6.07 Å². The first-order chi connectivity index (χ1) is 9.25. The Bertz CT molecular complexity index is 604. The number of benzene rings is 1. The number of amides is 1. The number of carbonyl (C=O) groups is 1. The van der Waals surface area contributed by atoms with Crippen molar-refractivity contribution in [3.63, 3.8) is 0 Å². The quantitative estimate of drug-likeness (QED) is 0.625. The average molecular weight is 361 g/mol. The van der Waals surface area contributed by atoms with Gasteiger partial charge in [-0.25, -0.2) is 8.42 Å². The van der Waals surface area contributed by atoms with Crippen LogP contribution in [-0.2, 0) is 13.8 Å². The van der Waals surface area contributed by atoms with Crippen LogP contribution >= 0.6 is 33.9 Å². The molecule has 1 rings (SSSR count). The molecule has 20 heavy (non-hydrogen) atoms. The lowest BCUT2D eigenvalue weighted by atomic mass is 10.3. The monoisotopic (exact) mass is 359 g/mol. The fraction of sp³-hybridized carbons (Fsp3) is 0.364. The summed E-state index contributed by atoms with van der Waals surface area (Å²) in [7, 11) is 2.79. The van der Waals surface area contributed by atoms with Crippen LogP contribution in [0.4, 0.5) is 0 Å². The summed E-state index contributed by atoms with van der Waals surface area (Å²) in [5.74, 6) is 0.138. The number of hydrogen-bond donors (Lipinski definition) is 1. The number of rotatable bonds is 6. The molecule has 0 saturated heterocycles. The highest BCUT2D eigenvalue weighted by molar-refractivity contribution is 8.13. The number of carbonyl (C=O) groups excluding carboxylic acids is 1. The molecule has 5 nitrogen and oxygen atoms in total. The maximum atomic E-state index is 11.2. The Hall–Kier alpha value is -0.690. The van der Waals surface area contributed by atoms with Crippen LogP contribution in [0.1, 0.15) is 12.8 Å². The molecule has 0 atom stereocenters. The third-order valence-corrected chi connectivity index (χ3v) is 4.42. The molecule has 1 amide bonds. The average Bonchev–Trinajstić information content (AvgIpc) is 2.36. The summed E-state index contributed by atoms with van der Waals surface area (Å²) in [6.45, 7) is 0.246. The highest BCUT2D eigenvalue weighted by Crippen LogP contribution is 2.35. The van der Waals surface area contributed by atoms with Crippen LogP contribution in [0.2, 0.25) is 10.0 Å². The molecule has 0 saturated carbocycles. The van der Waals surface area contributed by atoms with Crippen LogP contribution in [0.3, 0.4) is 0 Å². The predicted octanol–water partition coefficient (Wildman–Crippen LogP) is 2.83. The van der Waals surface area contributed by atoms with Gasteiger partial charge in [0.2, 0.25) is 5.91 Å². The number of nitrogens with one attached hydrogen (secondary N) is 1. The minimum absolute atomic E-state index is 0.0774. The Labute approximate surface area is 131 Å². The molecular formula is C11H12Cl3NO4S. The second-order valence-corrected chi connectivity index (χ2v) is 7.12. The molecule has 0 heterocycles. The van der Waals surface area contributed by atoms with Gasteiger partial charge in [-0.2, -0.15) is 0 Å². The molecule has 0 radical (unpaired) electrons. The van der Waals surface area contributed by atoms with E-state index in [0.29, 0.717) is 12.8 Å². The Kier molecular flexibility index (Phi) is 6.39. The minimum atomic E-state index is -3.97. The van der Waals surface area contributed by atoms with E-state index in [1.54, 1.807) is 7.05 Å². The summed E-state index contributed by atoms with van der Waals surface area (Å²) >= 11 is 11.7. The van der Waals surface area contributed by atoms with Crippen molar-refractivity contribution in [2.75, 3.05) is 13.7 Å². The van der Waals surface area contributed by atoms with Crippen molar-refractivity contribution in [3.8, 4) is 5.75 Å². The van der Waals surface area contributed by atoms with E-state index in [1.807, 2.05) is 0 Å². The van der Waals surface area contributed by atoms with Crippen molar-refractivity contribution >= 4 is 48.8 Å². The summed E-state index contributed by atoms with van der Waals surface area (Å²) in [5.41, 5.74) is 0. The first-order valence-corrected chi connectivity index (χ1v) is 8.59. The van der Waals surface area contributed by atoms with Gasteiger partial charge in [0.1, 0.15) is 10.6 Å². The smallest absolute Gasteiger partial charge is 0.262 e. The second-order valence-electron chi connectivity index (χ2n) is 3.78. The Morgan fingerprint density at radius 2 is 1.95 bits per heavy atom. The highest BCUT2D eigenvalue weighted by atomic mass is 35.7. The van der Waals surface area contributed by atoms with Crippen molar-refractivity contribution < 1.29 is 17.9 Å². The number of halogens is 3. The molecule has 112 valence electrons. The van der Waals surface area contributed by atoms with Gasteiger partial charge >= 0.3 is 0 Å². The fourth-order valence-electron chi connectivity index (χ4n) is 1.35. The zero-order chi connectivity index (χ0) is 15.3. The zero-order valence-electron chi connectivity index (χ0n) is 10.5. The number of hydrogen-bond acceptors (Lipinski definition) is 4. The van der Waals surface area contributed by atoms with Crippen molar-refractivity contribution in [3.05, 3.63) is 22.2 Å². The second kappa shape index (κ2) is 7.36. The molecule has 0 spiro atoms. The van der Waals surface area contributed by atoms with Crippen LogP contribution in [0.15, 0.2) is 17.0 Å². The van der Waals surface area contributed by atoms with Crippen LogP contribution in [0.5, 0.6) is 5.75 Å². The zero-order valence-corrected chi connectivity index (χ0v) is 13.5. The third-order valence-electron chi connectivity index (χ3n) is 2.33. The molecule has 0 aliphatic rings. The van der Waals surface area contributed by atoms with Crippen molar-refractivity contribution in [1.29, 1.82) is 0 Å². The lowest BCUT2D eigenvalue weighted by Gasteiger charge is -2.10. The largest absolute Gasteiger partial charge is 0.492 e. The van der Waals surface area contributed by atoms with E-state index in [4.69, 9.17) is 38.6 Å². The van der Waals surface area contributed by atoms with E-state index in [-0.39, 0.29) is 33.2 Å². The van der Waals surface area contributed by atoms with Crippen LogP contribution in [-0.4, -0.2) is 28.0 Å². The Morgan fingerprint density at radius 1 is 1.30 bits per heavy atom. The molecular weight excluding hydrogens is 349 g/mol. The molecule has 0 fully saturated rings. The summed E-state index contributed by atoms with van der Waals surface area (Å²) in [6, 6.07) is 2.40. The van der Waals surface area contributed by atoms with Gasteiger partial charge in [-0.3, -0.25) is 4.79 Å². The van der Waals surface area contributed by atoms with Gasteiger partial charge in [0.25, 0.3) is 9.05 Å². The molecule has 1 aromatic carbocycles. The van der Waals surface area contributed by atoms with Gasteiger partial charge in [-0.15, -0.1) is 0 Å². The lowest BCUT2D eigenvalue weighted by Crippen LogP contribution is -2.18. The summed E-state index contributed by atoms with van der Waals surface area (Å²) in [6.07, 6.45) is 0.805. The van der Waals surface area contributed by atoms with Gasteiger partial charge < -0.3 is 10.1 Å². The lowest BCUT2D eigenvalue weighted by molar-refractivity contribution is -0.120. The topological polar surface area (TPSA) is 72.5 Å². The van der Waals surface area contributed by atoms with Gasteiger partial charge in [0.05, 0.1) is 16.7 Å². The van der Waals surface area contributed by atoms with E-state index in [0.717, 1.165) is 6.07 Å². The van der Waals surface area contributed by atoms with E-state index in [9.17, 15) is 13.2 Å². The number of ether oxygens (including phenoxy) is 1. The van der Waals surface area contributed by atoms with E-state index < -0.39 is 9.05 Å². The maximum Gasteiger partial charge on any atom is 0.262 e. The molecule has 0 aliphatic heterocycles. The van der Waals surface area contributed by atoms with E-state index in [2.05, 4.69) is 5.32 Å². The standard InChI is InChI=1S/C11H12Cl3NO4S/c1-15-11(16)3-2-4-19-9-5-8(13)10(6-7(9)12)20(14,17)18/h5-6H,2-4H2,1H3,(H,15,16). The molecule has 0 bridgehead atoms. The van der Waals surface area contributed by atoms with Gasteiger partial charge in [0.15, 0.2) is 0 Å². The molecule has 1 aromatic rings. The maximum absolute atomic E-state index is 11.2. The molecule has 1 N–H and O–H groups in total. The normalized spacial score (nSPS) is 11.2. The summed E-state index contributed by atoms with van der Waals surface area (Å²) < 4.78 is 27.8. The van der Waals surface area contributed by atoms with Gasteiger partial charge in [0, 0.05) is 30.2 Å². The van der Waals surface area contributed by atoms with Gasteiger partial charge in [-0.1, -0.05) is 23.2 Å². The van der Waals surface area contributed by atoms with E-state index >= 15 is 0 Å². The molecule has 0 unspecified atom stereocenters. The first-order valence-electron chi connectivity index (χ1n) is 5.52. The molecule has 0 aliphatic carbocycles. The third kappa shape index (κ3) is 5.01.